The van der Waals surface area contributed by atoms with E-state index in [0.29, 0.717) is 0 Å². The first kappa shape index (κ1) is 27.3. The van der Waals surface area contributed by atoms with Gasteiger partial charge in [0, 0.05) is 29.8 Å². The second kappa shape index (κ2) is 10.6. The molecule has 202 valence electrons. The molecule has 0 unspecified atom stereocenters. The van der Waals surface area contributed by atoms with Crippen LogP contribution in [0.15, 0.2) is 53.5 Å². The van der Waals surface area contributed by atoms with Crippen LogP contribution >= 0.6 is 0 Å². The molecule has 1 fully saturated rings. The molecule has 1 saturated carbocycles. The van der Waals surface area contributed by atoms with E-state index >= 15 is 0 Å². The highest BCUT2D eigenvalue weighted by Gasteiger charge is 2.34. The van der Waals surface area contributed by atoms with Crippen molar-refractivity contribution in [3.05, 3.63) is 59.7 Å². The summed E-state index contributed by atoms with van der Waals surface area (Å²) in [6.45, 7) is 4.45. The molecule has 11 heteroatoms. The van der Waals surface area contributed by atoms with E-state index < -0.39 is 32.9 Å². The molecule has 38 heavy (non-hydrogen) atoms. The molecule has 0 saturated heterocycles. The van der Waals surface area contributed by atoms with Crippen molar-refractivity contribution < 1.29 is 22.8 Å². The Kier molecular flexibility index (Phi) is 7.59. The molecular weight excluding hydrogens is 506 g/mol. The second-order valence-corrected chi connectivity index (χ2v) is 13.0. The van der Waals surface area contributed by atoms with Crippen LogP contribution in [0.3, 0.4) is 0 Å². The number of benzene rings is 2. The fourth-order valence-electron chi connectivity index (χ4n) is 4.53. The Morgan fingerprint density at radius 1 is 1.03 bits per heavy atom. The lowest BCUT2D eigenvalue weighted by molar-refractivity contribution is -0.119. The number of anilines is 2. The van der Waals surface area contributed by atoms with E-state index in [-0.39, 0.29) is 23.1 Å². The van der Waals surface area contributed by atoms with Crippen LogP contribution in [0.25, 0.3) is 0 Å². The minimum absolute atomic E-state index is 0.0536. The lowest BCUT2D eigenvalue weighted by Crippen LogP contribution is -2.47. The second-order valence-electron chi connectivity index (χ2n) is 10.5. The lowest BCUT2D eigenvalue weighted by Gasteiger charge is -2.21. The maximum absolute atomic E-state index is 13.3. The first-order chi connectivity index (χ1) is 17.9. The molecule has 2 aromatic carbocycles. The van der Waals surface area contributed by atoms with Crippen LogP contribution < -0.4 is 20.3 Å². The summed E-state index contributed by atoms with van der Waals surface area (Å²) in [6.07, 6.45) is 3.00. The van der Waals surface area contributed by atoms with Crippen LogP contribution in [0.5, 0.6) is 0 Å². The summed E-state index contributed by atoms with van der Waals surface area (Å²) in [5.74, 6) is -0.975. The molecule has 1 atom stereocenters. The molecule has 4 rings (SSSR count). The van der Waals surface area contributed by atoms with Gasteiger partial charge in [0.15, 0.2) is 0 Å². The Bertz CT molecular complexity index is 1390. The van der Waals surface area contributed by atoms with Crippen molar-refractivity contribution in [1.29, 1.82) is 0 Å². The smallest absolute Gasteiger partial charge is 0.311 e. The van der Waals surface area contributed by atoms with E-state index in [9.17, 15) is 22.8 Å². The Morgan fingerprint density at radius 3 is 2.39 bits per heavy atom. The Morgan fingerprint density at radius 2 is 1.71 bits per heavy atom. The van der Waals surface area contributed by atoms with Crippen LogP contribution in [0.1, 0.15) is 62.4 Å². The number of fused-ring (bicyclic) bond motifs is 1. The zero-order valence-corrected chi connectivity index (χ0v) is 22.8. The first-order valence-corrected chi connectivity index (χ1v) is 14.0. The minimum atomic E-state index is -3.91. The highest BCUT2D eigenvalue weighted by Crippen LogP contribution is 2.34. The van der Waals surface area contributed by atoms with Crippen LogP contribution in [-0.4, -0.2) is 49.9 Å². The molecule has 3 N–H and O–H groups in total. The summed E-state index contributed by atoms with van der Waals surface area (Å²) in [7, 11) is -2.24. The number of carbonyl (C=O) groups excluding carboxylic acids is 3. The minimum Gasteiger partial charge on any atom is -0.311 e. The number of likely N-dealkylation sites (N-methyl/N-ethyl adjacent to an activating group) is 1. The van der Waals surface area contributed by atoms with Crippen LogP contribution in [0.4, 0.5) is 16.2 Å². The third-order valence-electron chi connectivity index (χ3n) is 6.80. The van der Waals surface area contributed by atoms with E-state index in [1.165, 1.54) is 43.9 Å². The molecule has 0 aromatic heterocycles. The quantitative estimate of drug-likeness (QED) is 0.533. The Labute approximate surface area is 223 Å². The van der Waals surface area contributed by atoms with Crippen molar-refractivity contribution >= 4 is 45.0 Å². The lowest BCUT2D eigenvalue weighted by atomic mass is 9.94. The van der Waals surface area contributed by atoms with Gasteiger partial charge in [-0.2, -0.15) is 0 Å². The van der Waals surface area contributed by atoms with Crippen LogP contribution in [-0.2, 0) is 14.8 Å². The Balaban J connectivity index is 1.52. The fraction of sp³-hybridized carbons (Fsp3) is 0.407. The van der Waals surface area contributed by atoms with E-state index in [2.05, 4.69) is 15.4 Å². The summed E-state index contributed by atoms with van der Waals surface area (Å²) < 4.78 is 25.6. The maximum atomic E-state index is 13.3. The maximum Gasteiger partial charge on any atom is 0.321 e. The summed E-state index contributed by atoms with van der Waals surface area (Å²) in [5, 5.41) is 5.28. The normalized spacial score (nSPS) is 18.3. The standard InChI is InChI=1S/C27H33N5O5S/c1-27(2,3)38(36,37)31-24(33)18-12-9-13-19(16-18)28-26(35)30-23-25(34)32(4)21-15-8-7-14-20(21)22(29-23)17-10-5-6-11-17/h7-9,12-17,23H,5-6,10-11H2,1-4H3,(H,31,33)(H2,28,30,35)/t23-/m0/s1. The van der Waals surface area contributed by atoms with Gasteiger partial charge in [-0.1, -0.05) is 37.1 Å². The average molecular weight is 540 g/mol. The number of nitrogens with one attached hydrogen (secondary N) is 3. The van der Waals surface area contributed by atoms with Crippen molar-refractivity contribution in [2.24, 2.45) is 10.9 Å². The first-order valence-electron chi connectivity index (χ1n) is 12.6. The number of nitrogens with zero attached hydrogens (tertiary/aromatic N) is 2. The number of amides is 4. The number of carbonyl (C=O) groups is 3. The van der Waals surface area contributed by atoms with Gasteiger partial charge in [-0.05, 0) is 57.9 Å². The zero-order chi connectivity index (χ0) is 27.7. The molecular formula is C27H33N5O5S. The molecule has 10 nitrogen and oxygen atoms in total. The molecule has 4 amide bonds. The van der Waals surface area contributed by atoms with Crippen LogP contribution in [0, 0.1) is 5.92 Å². The number of hydrogen-bond acceptors (Lipinski definition) is 6. The van der Waals surface area contributed by atoms with Crippen molar-refractivity contribution in [3.8, 4) is 0 Å². The number of sulfonamides is 1. The van der Waals surface area contributed by atoms with Gasteiger partial charge in [-0.25, -0.2) is 17.9 Å². The molecule has 1 aliphatic carbocycles. The predicted octanol–water partition coefficient (Wildman–Crippen LogP) is 3.65. The van der Waals surface area contributed by atoms with Gasteiger partial charge < -0.3 is 15.5 Å². The monoisotopic (exact) mass is 539 g/mol. The molecule has 1 heterocycles. The number of aliphatic imine (C=N–C) groups is 1. The van der Waals surface area contributed by atoms with E-state index in [4.69, 9.17) is 4.99 Å². The fourth-order valence-corrected chi connectivity index (χ4v) is 5.20. The largest absolute Gasteiger partial charge is 0.321 e. The van der Waals surface area contributed by atoms with Gasteiger partial charge >= 0.3 is 6.03 Å². The van der Waals surface area contributed by atoms with Crippen LogP contribution in [0.2, 0.25) is 0 Å². The van der Waals surface area contributed by atoms with Crippen molar-refractivity contribution in [1.82, 2.24) is 10.0 Å². The summed E-state index contributed by atoms with van der Waals surface area (Å²) in [4.78, 5) is 45.0. The van der Waals surface area contributed by atoms with Gasteiger partial charge in [0.2, 0.25) is 16.2 Å². The summed E-state index contributed by atoms with van der Waals surface area (Å²) in [6, 6.07) is 12.8. The predicted molar refractivity (Wildman–Crippen MR) is 147 cm³/mol. The number of benzodiazepines with no additional fused rings is 1. The zero-order valence-electron chi connectivity index (χ0n) is 21.9. The van der Waals surface area contributed by atoms with E-state index in [0.717, 1.165) is 42.6 Å². The Hall–Kier alpha value is -3.73. The summed E-state index contributed by atoms with van der Waals surface area (Å²) >= 11 is 0. The van der Waals surface area contributed by atoms with Gasteiger partial charge in [0.05, 0.1) is 16.1 Å². The van der Waals surface area contributed by atoms with E-state index in [1.54, 1.807) is 13.1 Å². The molecule has 0 bridgehead atoms. The van der Waals surface area contributed by atoms with Crippen molar-refractivity contribution in [2.45, 2.75) is 57.4 Å². The third-order valence-corrected chi connectivity index (χ3v) is 8.87. The molecule has 1 aliphatic heterocycles. The average Bonchev–Trinajstić information content (AvgIpc) is 3.36. The van der Waals surface area contributed by atoms with Crippen molar-refractivity contribution in [2.75, 3.05) is 17.3 Å². The van der Waals surface area contributed by atoms with Gasteiger partial charge in [0.25, 0.3) is 11.8 Å². The summed E-state index contributed by atoms with van der Waals surface area (Å²) in [5.41, 5.74) is 2.76. The molecule has 0 radical (unpaired) electrons. The SMILES string of the molecule is CN1C(=O)[C@H](NC(=O)Nc2cccc(C(=O)NS(=O)(=O)C(C)(C)C)c2)N=C(C2CCCC2)c2ccccc21. The topological polar surface area (TPSA) is 137 Å². The molecule has 2 aliphatic rings. The van der Waals surface area contributed by atoms with Gasteiger partial charge in [0.1, 0.15) is 0 Å². The highest BCUT2D eigenvalue weighted by atomic mass is 32.2. The van der Waals surface area contributed by atoms with Gasteiger partial charge in [-0.3, -0.25) is 14.6 Å². The molecule has 2 aromatic rings. The number of urea groups is 1. The number of hydrogen-bond donors (Lipinski definition) is 3. The number of para-hydroxylation sites is 1. The molecule has 0 spiro atoms. The van der Waals surface area contributed by atoms with E-state index in [1.807, 2.05) is 24.3 Å². The van der Waals surface area contributed by atoms with Gasteiger partial charge in [-0.15, -0.1) is 0 Å². The highest BCUT2D eigenvalue weighted by molar-refractivity contribution is 7.91. The third kappa shape index (κ3) is 5.72. The number of rotatable bonds is 5. The van der Waals surface area contributed by atoms with Crippen molar-refractivity contribution in [3.63, 3.8) is 0 Å².